The number of Topliss-reactive ketones (excluding diaryl/α,β-unsaturated/α-hetero) is 2. The predicted molar refractivity (Wildman–Crippen MR) is 163 cm³/mol. The molecular weight excluding hydrogens is 532 g/mol. The highest BCUT2D eigenvalue weighted by molar-refractivity contribution is 6.17. The van der Waals surface area contributed by atoms with E-state index in [1.165, 1.54) is 0 Å². The molecule has 2 aliphatic carbocycles. The van der Waals surface area contributed by atoms with Gasteiger partial charge in [0.15, 0.2) is 11.6 Å². The molecular formula is C32H44N6O4. The molecule has 3 heterocycles. The van der Waals surface area contributed by atoms with E-state index < -0.39 is 5.41 Å². The lowest BCUT2D eigenvalue weighted by Gasteiger charge is -2.38. The zero-order valence-electron chi connectivity index (χ0n) is 24.7. The number of nitrogens with zero attached hydrogens (tertiary/aromatic N) is 4. The van der Waals surface area contributed by atoms with Gasteiger partial charge in [0, 0.05) is 30.9 Å². The lowest BCUT2D eigenvalue weighted by atomic mass is 9.62. The number of hydrogen-bond donors (Lipinski definition) is 2. The number of carbonyl (C=O) groups is 2. The number of hydrogen-bond acceptors (Lipinski definition) is 10. The highest BCUT2D eigenvalue weighted by Crippen LogP contribution is 2.45. The SMILES string of the molecule is C=C[C@H](Oc1cc(/C(N)=C/C=N[C@H]2CCCOC2)nc(/C(N)=C2\CCC[C@@]3(CCCCC3=O)C2=O)n1)[C@@H]1CCCN1C. The van der Waals surface area contributed by atoms with Crippen molar-refractivity contribution in [1.29, 1.82) is 0 Å². The maximum atomic E-state index is 13.8. The second-order valence-electron chi connectivity index (χ2n) is 12.0. The molecule has 2 saturated heterocycles. The summed E-state index contributed by atoms with van der Waals surface area (Å²) >= 11 is 0. The van der Waals surface area contributed by atoms with Gasteiger partial charge in [-0.05, 0) is 83.5 Å². The molecule has 2 saturated carbocycles. The molecule has 0 bridgehead atoms. The van der Waals surface area contributed by atoms with Gasteiger partial charge in [-0.2, -0.15) is 4.98 Å². The van der Waals surface area contributed by atoms with Gasteiger partial charge in [0.05, 0.1) is 41.2 Å². The second kappa shape index (κ2) is 13.3. The van der Waals surface area contributed by atoms with Crippen molar-refractivity contribution < 1.29 is 19.1 Å². The smallest absolute Gasteiger partial charge is 0.218 e. The number of rotatable bonds is 8. The fraction of sp³-hybridized carbons (Fsp3) is 0.594. The first-order valence-electron chi connectivity index (χ1n) is 15.3. The number of aromatic nitrogens is 2. The van der Waals surface area contributed by atoms with E-state index in [-0.39, 0.29) is 41.3 Å². The molecule has 1 spiro atoms. The minimum atomic E-state index is -0.966. The monoisotopic (exact) mass is 576 g/mol. The van der Waals surface area contributed by atoms with Crippen LogP contribution in [0.2, 0.25) is 0 Å². The van der Waals surface area contributed by atoms with E-state index in [0.29, 0.717) is 61.6 Å². The van der Waals surface area contributed by atoms with Gasteiger partial charge >= 0.3 is 0 Å². The Morgan fingerprint density at radius 1 is 1.17 bits per heavy atom. The number of ether oxygens (including phenoxy) is 2. The third-order valence-corrected chi connectivity index (χ3v) is 9.23. The number of likely N-dealkylation sites (N-methyl/N-ethyl adjacent to an activating group) is 1. The van der Waals surface area contributed by atoms with Crippen LogP contribution in [0.5, 0.6) is 5.88 Å². The van der Waals surface area contributed by atoms with E-state index in [9.17, 15) is 9.59 Å². The zero-order chi connectivity index (χ0) is 29.7. The summed E-state index contributed by atoms with van der Waals surface area (Å²) in [6.07, 6.45) is 13.4. The Morgan fingerprint density at radius 3 is 2.71 bits per heavy atom. The highest BCUT2D eigenvalue weighted by Gasteiger charge is 2.49. The molecule has 1 aromatic rings. The summed E-state index contributed by atoms with van der Waals surface area (Å²) in [6.45, 7) is 6.36. The van der Waals surface area contributed by atoms with Gasteiger partial charge in [0.2, 0.25) is 5.88 Å². The van der Waals surface area contributed by atoms with Crippen molar-refractivity contribution >= 4 is 29.2 Å². The molecule has 4 fully saturated rings. The maximum absolute atomic E-state index is 13.8. The number of likely N-dealkylation sites (tertiary alicyclic amines) is 1. The molecule has 1 aromatic heterocycles. The number of ketones is 2. The fourth-order valence-electron chi connectivity index (χ4n) is 6.77. The Hall–Kier alpha value is -3.37. The summed E-state index contributed by atoms with van der Waals surface area (Å²) in [7, 11) is 2.07. The Kier molecular flexibility index (Phi) is 9.53. The molecule has 4 aliphatic rings. The Bertz CT molecular complexity index is 1280. The summed E-state index contributed by atoms with van der Waals surface area (Å²) in [5, 5.41) is 0. The molecule has 10 nitrogen and oxygen atoms in total. The third kappa shape index (κ3) is 6.34. The molecule has 0 amide bonds. The van der Waals surface area contributed by atoms with E-state index in [0.717, 1.165) is 51.7 Å². The van der Waals surface area contributed by atoms with Gasteiger partial charge in [0.1, 0.15) is 11.9 Å². The predicted octanol–water partition coefficient (Wildman–Crippen LogP) is 3.61. The lowest BCUT2D eigenvalue weighted by molar-refractivity contribution is -0.143. The average molecular weight is 577 g/mol. The van der Waals surface area contributed by atoms with E-state index in [1.807, 2.05) is 0 Å². The van der Waals surface area contributed by atoms with Crippen LogP contribution in [0.15, 0.2) is 35.4 Å². The van der Waals surface area contributed by atoms with E-state index in [2.05, 4.69) is 33.5 Å². The molecule has 4 N–H and O–H groups in total. The second-order valence-corrected chi connectivity index (χ2v) is 12.0. The van der Waals surface area contributed by atoms with Gasteiger partial charge in [-0.25, -0.2) is 4.98 Å². The molecule has 10 heteroatoms. The van der Waals surface area contributed by atoms with E-state index >= 15 is 0 Å². The van der Waals surface area contributed by atoms with Crippen LogP contribution in [-0.2, 0) is 14.3 Å². The number of aliphatic imine (C=N–C) groups is 1. The molecule has 0 radical (unpaired) electrons. The Labute approximate surface area is 248 Å². The minimum absolute atomic E-state index is 0.0341. The topological polar surface area (TPSA) is 146 Å². The quantitative estimate of drug-likeness (QED) is 0.205. The third-order valence-electron chi connectivity index (χ3n) is 9.23. The van der Waals surface area contributed by atoms with Crippen molar-refractivity contribution in [2.45, 2.75) is 88.8 Å². The molecule has 0 aromatic carbocycles. The van der Waals surface area contributed by atoms with Crippen LogP contribution in [0.25, 0.3) is 11.4 Å². The van der Waals surface area contributed by atoms with Crippen molar-refractivity contribution in [2.24, 2.45) is 21.9 Å². The molecule has 0 unspecified atom stereocenters. The van der Waals surface area contributed by atoms with Gasteiger partial charge < -0.3 is 20.9 Å². The van der Waals surface area contributed by atoms with Gasteiger partial charge in [-0.15, -0.1) is 0 Å². The zero-order valence-corrected chi connectivity index (χ0v) is 24.7. The Morgan fingerprint density at radius 2 is 2.00 bits per heavy atom. The number of nitrogens with two attached hydrogens (primary N) is 2. The maximum Gasteiger partial charge on any atom is 0.218 e. The summed E-state index contributed by atoms with van der Waals surface area (Å²) in [5.74, 6) is 0.327. The van der Waals surface area contributed by atoms with Crippen LogP contribution >= 0.6 is 0 Å². The van der Waals surface area contributed by atoms with Crippen molar-refractivity contribution in [3.8, 4) is 5.88 Å². The van der Waals surface area contributed by atoms with Gasteiger partial charge in [0.25, 0.3) is 0 Å². The standard InChI is InChI=1S/C32H44N6O4/c1-3-26(25-11-7-17-38(25)2)42-28-19-24(23(33)13-16-35-21-9-8-18-41-20-21)36-31(37-28)29(34)22-10-6-15-32(30(22)40)14-5-4-12-27(32)39/h3,13,16,19,21,25-26H,1,4-12,14-15,17-18,20,33-34H2,2H3/b23-13-,29-22-,35-16?/t21-,25-,26-,32+/m0/s1. The first-order valence-corrected chi connectivity index (χ1v) is 15.3. The number of carbonyl (C=O) groups excluding carboxylic acids is 2. The van der Waals surface area contributed by atoms with Crippen LogP contribution in [0.3, 0.4) is 0 Å². The molecule has 2 aliphatic heterocycles. The minimum Gasteiger partial charge on any atom is -0.468 e. The van der Waals surface area contributed by atoms with Crippen LogP contribution in [0.4, 0.5) is 0 Å². The summed E-state index contributed by atoms with van der Waals surface area (Å²) < 4.78 is 11.9. The van der Waals surface area contributed by atoms with E-state index in [4.69, 9.17) is 20.9 Å². The molecule has 4 atom stereocenters. The first-order chi connectivity index (χ1) is 20.3. The van der Waals surface area contributed by atoms with E-state index in [1.54, 1.807) is 24.4 Å². The van der Waals surface area contributed by atoms with Crippen LogP contribution in [0, 0.1) is 5.41 Å². The van der Waals surface area contributed by atoms with Crippen LogP contribution in [-0.4, -0.2) is 77.6 Å². The summed E-state index contributed by atoms with van der Waals surface area (Å²) in [5.41, 5.74) is 13.6. The largest absolute Gasteiger partial charge is 0.468 e. The average Bonchev–Trinajstić information content (AvgIpc) is 3.44. The van der Waals surface area contributed by atoms with Gasteiger partial charge in [-0.3, -0.25) is 19.5 Å². The Balaban J connectivity index is 1.50. The fourth-order valence-corrected chi connectivity index (χ4v) is 6.77. The summed E-state index contributed by atoms with van der Waals surface area (Å²) in [4.78, 5) is 43.0. The van der Waals surface area contributed by atoms with Crippen LogP contribution in [0.1, 0.15) is 82.1 Å². The first kappa shape index (κ1) is 30.1. The molecule has 5 rings (SSSR count). The van der Waals surface area contributed by atoms with Crippen molar-refractivity contribution in [3.05, 3.63) is 41.9 Å². The summed E-state index contributed by atoms with van der Waals surface area (Å²) in [6, 6.07) is 1.95. The van der Waals surface area contributed by atoms with Crippen LogP contribution < -0.4 is 16.2 Å². The lowest BCUT2D eigenvalue weighted by Crippen LogP contribution is -2.45. The number of allylic oxidation sites excluding steroid dienone is 2. The van der Waals surface area contributed by atoms with Gasteiger partial charge in [-0.1, -0.05) is 13.0 Å². The highest BCUT2D eigenvalue weighted by atomic mass is 16.5. The van der Waals surface area contributed by atoms with Crippen molar-refractivity contribution in [2.75, 3.05) is 26.8 Å². The molecule has 42 heavy (non-hydrogen) atoms. The molecule has 226 valence electrons. The van der Waals surface area contributed by atoms with Crippen molar-refractivity contribution in [1.82, 2.24) is 14.9 Å². The van der Waals surface area contributed by atoms with Crippen molar-refractivity contribution in [3.63, 3.8) is 0 Å². The normalized spacial score (nSPS) is 29.7.